The van der Waals surface area contributed by atoms with Gasteiger partial charge in [-0.25, -0.2) is 0 Å². The van der Waals surface area contributed by atoms with E-state index in [9.17, 15) is 0 Å². The van der Waals surface area contributed by atoms with Crippen LogP contribution >= 0.6 is 0 Å². The van der Waals surface area contributed by atoms with Gasteiger partial charge in [-0.3, -0.25) is 0 Å². The zero-order chi connectivity index (χ0) is 10.2. The van der Waals surface area contributed by atoms with Gasteiger partial charge in [-0.15, -0.1) is 0 Å². The van der Waals surface area contributed by atoms with Crippen molar-refractivity contribution in [3.8, 4) is 0 Å². The predicted molar refractivity (Wildman–Crippen MR) is 78.0 cm³/mol. The summed E-state index contributed by atoms with van der Waals surface area (Å²) in [6, 6.07) is 0. The van der Waals surface area contributed by atoms with Gasteiger partial charge in [-0.1, -0.05) is 69.2 Å². The van der Waals surface area contributed by atoms with E-state index in [-0.39, 0.29) is 32.8 Å². The summed E-state index contributed by atoms with van der Waals surface area (Å²) in [6.45, 7) is 7.44. The third-order valence-electron chi connectivity index (χ3n) is 1.69. The fourth-order valence-electron chi connectivity index (χ4n) is 0.956. The van der Waals surface area contributed by atoms with Crippen molar-refractivity contribution in [1.29, 1.82) is 0 Å². The van der Waals surface area contributed by atoms with Crippen LogP contribution in [-0.2, 0) is 0 Å². The number of rotatable bonds is 0. The van der Waals surface area contributed by atoms with E-state index in [0.29, 0.717) is 0 Å². The fourth-order valence-corrected chi connectivity index (χ4v) is 0.956. The Kier molecular flexibility index (Phi) is 11.8. The molecule has 0 aliphatic heterocycles. The molecule has 2 rings (SSSR count). The van der Waals surface area contributed by atoms with Crippen LogP contribution in [0.3, 0.4) is 0 Å². The molecule has 84 valence electrons. The van der Waals surface area contributed by atoms with Gasteiger partial charge in [-0.05, 0) is 11.1 Å². The third kappa shape index (κ3) is 8.54. The molecule has 0 nitrogen and oxygen atoms in total. The SMILES string of the molecule is C.C=C1[CH]C=CC=C1.C=C1[CH]C=CC=C1.[HH].[Sn]. The van der Waals surface area contributed by atoms with Crippen LogP contribution in [0.1, 0.15) is 8.85 Å². The Morgan fingerprint density at radius 3 is 1.19 bits per heavy atom. The molecule has 0 unspecified atom stereocenters. The summed E-state index contributed by atoms with van der Waals surface area (Å²) < 4.78 is 0. The van der Waals surface area contributed by atoms with E-state index in [1.54, 1.807) is 0 Å². The molecule has 2 aliphatic carbocycles. The first-order chi connectivity index (χ1) is 6.79. The maximum atomic E-state index is 3.72. The smallest absolute Gasteiger partial charge is 0.0119 e. The van der Waals surface area contributed by atoms with Gasteiger partial charge in [0.1, 0.15) is 0 Å². The van der Waals surface area contributed by atoms with Crippen molar-refractivity contribution in [2.45, 2.75) is 7.43 Å². The summed E-state index contributed by atoms with van der Waals surface area (Å²) in [4.78, 5) is 0. The minimum absolute atomic E-state index is 0. The Balaban J connectivity index is -0.000000196. The van der Waals surface area contributed by atoms with E-state index < -0.39 is 0 Å². The van der Waals surface area contributed by atoms with Crippen molar-refractivity contribution in [2.75, 3.05) is 0 Å². The zero-order valence-corrected chi connectivity index (χ0v) is 11.5. The largest absolute Gasteiger partial charge is 0.0952 e. The average molecular weight is 319 g/mol. The summed E-state index contributed by atoms with van der Waals surface area (Å²) in [5, 5.41) is 0. The van der Waals surface area contributed by atoms with E-state index in [2.05, 4.69) is 13.2 Å². The number of allylic oxidation sites excluding steroid dienone is 10. The Labute approximate surface area is 118 Å². The van der Waals surface area contributed by atoms with Crippen molar-refractivity contribution in [2.24, 2.45) is 0 Å². The standard InChI is InChI=1S/2C7H7.CH4.Sn.H2/c2*1-7-5-3-2-4-6-7;;;/h2*2-6H,1H2;1H4;;1H. The third-order valence-corrected chi connectivity index (χ3v) is 1.69. The van der Waals surface area contributed by atoms with Crippen LogP contribution in [0.2, 0.25) is 0 Å². The van der Waals surface area contributed by atoms with Gasteiger partial charge in [0, 0.05) is 38.2 Å². The van der Waals surface area contributed by atoms with Crippen LogP contribution in [0.5, 0.6) is 0 Å². The van der Waals surface area contributed by atoms with E-state index in [1.165, 1.54) is 0 Å². The van der Waals surface area contributed by atoms with Crippen molar-refractivity contribution < 1.29 is 1.43 Å². The predicted octanol–water partition coefficient (Wildman–Crippen LogP) is 4.25. The molecule has 0 spiro atoms. The summed E-state index contributed by atoms with van der Waals surface area (Å²) in [5.74, 6) is 0. The first-order valence-corrected chi connectivity index (χ1v) is 4.53. The Bertz CT molecular complexity index is 299. The fraction of sp³-hybridized carbons (Fsp3) is 0.0667. The van der Waals surface area contributed by atoms with Crippen molar-refractivity contribution in [3.63, 3.8) is 0 Å². The van der Waals surface area contributed by atoms with Gasteiger partial charge in [0.25, 0.3) is 0 Å². The molecule has 0 heterocycles. The molecular weight excluding hydrogens is 299 g/mol. The number of hydrogen-bond acceptors (Lipinski definition) is 0. The topological polar surface area (TPSA) is 0 Å². The molecule has 0 saturated carbocycles. The molecule has 6 radical (unpaired) electrons. The molecule has 2 aliphatic rings. The Morgan fingerprint density at radius 2 is 1.06 bits per heavy atom. The quantitative estimate of drug-likeness (QED) is 0.586. The molecule has 0 aromatic rings. The number of hydrogen-bond donors (Lipinski definition) is 0. The van der Waals surface area contributed by atoms with E-state index >= 15 is 0 Å². The molecule has 0 N–H and O–H groups in total. The molecule has 0 bridgehead atoms. The monoisotopic (exact) mass is 320 g/mol. The summed E-state index contributed by atoms with van der Waals surface area (Å²) >= 11 is 0. The molecule has 0 atom stereocenters. The van der Waals surface area contributed by atoms with Crippen molar-refractivity contribution in [1.82, 2.24) is 0 Å². The summed E-state index contributed by atoms with van der Waals surface area (Å²) in [6.07, 6.45) is 19.7. The van der Waals surface area contributed by atoms with Gasteiger partial charge in [-0.2, -0.15) is 0 Å². The molecule has 0 aromatic carbocycles. The summed E-state index contributed by atoms with van der Waals surface area (Å²) in [5.41, 5.74) is 2.14. The Morgan fingerprint density at radius 1 is 0.688 bits per heavy atom. The van der Waals surface area contributed by atoms with E-state index in [4.69, 9.17) is 0 Å². The molecule has 1 heteroatoms. The minimum Gasteiger partial charge on any atom is -0.0952 e. The molecule has 0 fully saturated rings. The van der Waals surface area contributed by atoms with Gasteiger partial charge in [0.2, 0.25) is 0 Å². The molecule has 0 aromatic heterocycles. The summed E-state index contributed by atoms with van der Waals surface area (Å²) in [7, 11) is 0. The van der Waals surface area contributed by atoms with Gasteiger partial charge >= 0.3 is 0 Å². The Hall–Kier alpha value is -0.761. The zero-order valence-electron chi connectivity index (χ0n) is 8.69. The van der Waals surface area contributed by atoms with Crippen LogP contribution in [0, 0.1) is 12.8 Å². The van der Waals surface area contributed by atoms with Crippen LogP contribution in [0.15, 0.2) is 72.9 Å². The first-order valence-electron chi connectivity index (χ1n) is 4.53. The second-order valence-electron chi connectivity index (χ2n) is 2.97. The normalized spacial score (nSPS) is 15.8. The van der Waals surface area contributed by atoms with Crippen LogP contribution in [0.25, 0.3) is 0 Å². The van der Waals surface area contributed by atoms with Crippen molar-refractivity contribution in [3.05, 3.63) is 85.8 Å². The second kappa shape index (κ2) is 10.7. The maximum absolute atomic E-state index is 3.72. The van der Waals surface area contributed by atoms with E-state index in [1.807, 2.05) is 61.4 Å². The van der Waals surface area contributed by atoms with Gasteiger partial charge in [0.15, 0.2) is 0 Å². The van der Waals surface area contributed by atoms with Crippen molar-refractivity contribution >= 4 is 23.9 Å². The molecule has 16 heavy (non-hydrogen) atoms. The maximum Gasteiger partial charge on any atom is 0.0119 e. The van der Waals surface area contributed by atoms with Crippen LogP contribution < -0.4 is 0 Å². The molecular formula is C15H20Sn. The van der Waals surface area contributed by atoms with Gasteiger partial charge < -0.3 is 0 Å². The molecule has 0 amide bonds. The van der Waals surface area contributed by atoms with E-state index in [0.717, 1.165) is 11.1 Å². The van der Waals surface area contributed by atoms with Crippen LogP contribution in [0.4, 0.5) is 0 Å². The average Bonchev–Trinajstić information content (AvgIpc) is 2.21. The molecule has 0 saturated heterocycles. The second-order valence-corrected chi connectivity index (χ2v) is 2.97. The van der Waals surface area contributed by atoms with Gasteiger partial charge in [0.05, 0.1) is 0 Å². The first kappa shape index (κ1) is 17.6. The van der Waals surface area contributed by atoms with Crippen LogP contribution in [-0.4, -0.2) is 23.9 Å². The minimum atomic E-state index is 0.